The van der Waals surface area contributed by atoms with Gasteiger partial charge >= 0.3 is 0 Å². The van der Waals surface area contributed by atoms with Crippen LogP contribution in [-0.4, -0.2) is 60.3 Å². The number of rotatable bonds is 5. The Balaban J connectivity index is 2.70. The third-order valence-corrected chi connectivity index (χ3v) is 3.80. The molecule has 1 rings (SSSR count). The van der Waals surface area contributed by atoms with Crippen LogP contribution in [0.5, 0.6) is 0 Å². The molecule has 0 saturated heterocycles. The first-order valence-corrected chi connectivity index (χ1v) is 6.61. The second-order valence-electron chi connectivity index (χ2n) is 5.44. The zero-order chi connectivity index (χ0) is 12.1. The van der Waals surface area contributed by atoms with Gasteiger partial charge in [0.25, 0.3) is 0 Å². The summed E-state index contributed by atoms with van der Waals surface area (Å²) in [5, 5.41) is 9.19. The fourth-order valence-corrected chi connectivity index (χ4v) is 3.00. The van der Waals surface area contributed by atoms with Crippen molar-refractivity contribution in [3.63, 3.8) is 0 Å². The lowest BCUT2D eigenvalue weighted by atomic mass is 9.87. The van der Waals surface area contributed by atoms with E-state index in [9.17, 15) is 5.11 Å². The van der Waals surface area contributed by atoms with Crippen molar-refractivity contribution in [2.45, 2.75) is 57.7 Å². The second-order valence-corrected chi connectivity index (χ2v) is 5.44. The minimum absolute atomic E-state index is 0.273. The van der Waals surface area contributed by atoms with E-state index in [4.69, 9.17) is 0 Å². The van der Waals surface area contributed by atoms with E-state index in [1.807, 2.05) is 0 Å². The highest BCUT2D eigenvalue weighted by atomic mass is 16.3. The summed E-state index contributed by atoms with van der Waals surface area (Å²) in [5.74, 6) is 0. The topological polar surface area (TPSA) is 26.7 Å². The lowest BCUT2D eigenvalue weighted by molar-refractivity contribution is 0.0399. The number of aliphatic hydroxyl groups excluding tert-OH is 1. The molecule has 1 fully saturated rings. The molecule has 1 aliphatic rings. The Bertz CT molecular complexity index is 194. The van der Waals surface area contributed by atoms with E-state index >= 15 is 0 Å². The Labute approximate surface area is 100 Å². The maximum Gasteiger partial charge on any atom is 0.0558 e. The van der Waals surface area contributed by atoms with Crippen LogP contribution in [0, 0.1) is 0 Å². The van der Waals surface area contributed by atoms with Crippen LogP contribution in [0.2, 0.25) is 0 Å². The monoisotopic (exact) mass is 228 g/mol. The Hall–Kier alpha value is -0.120. The first-order chi connectivity index (χ1) is 7.57. The van der Waals surface area contributed by atoms with Crippen molar-refractivity contribution in [3.8, 4) is 0 Å². The van der Waals surface area contributed by atoms with Crippen molar-refractivity contribution in [1.29, 1.82) is 0 Å². The Morgan fingerprint density at radius 2 is 1.69 bits per heavy atom. The summed E-state index contributed by atoms with van der Waals surface area (Å²) in [6.45, 7) is 5.55. The van der Waals surface area contributed by atoms with Crippen LogP contribution in [0.15, 0.2) is 0 Å². The average Bonchev–Trinajstić information content (AvgIpc) is 2.25. The molecule has 1 saturated carbocycles. The summed E-state index contributed by atoms with van der Waals surface area (Å²) in [5.41, 5.74) is 0. The third kappa shape index (κ3) is 3.44. The predicted molar refractivity (Wildman–Crippen MR) is 68.7 cm³/mol. The van der Waals surface area contributed by atoms with Gasteiger partial charge in [0, 0.05) is 24.7 Å². The van der Waals surface area contributed by atoms with Crippen molar-refractivity contribution in [1.82, 2.24) is 9.80 Å². The SMILES string of the molecule is CC(C)N(CCO)[C@@H]1CCCC[C@H]1N(C)C. The minimum Gasteiger partial charge on any atom is -0.395 e. The number of hydrogen-bond donors (Lipinski definition) is 1. The Morgan fingerprint density at radius 3 is 2.12 bits per heavy atom. The molecule has 0 aromatic heterocycles. The molecule has 96 valence electrons. The lowest BCUT2D eigenvalue weighted by Gasteiger charge is -2.44. The quantitative estimate of drug-likeness (QED) is 0.773. The molecule has 3 nitrogen and oxygen atoms in total. The zero-order valence-electron chi connectivity index (χ0n) is 11.3. The van der Waals surface area contributed by atoms with Crippen molar-refractivity contribution < 1.29 is 5.11 Å². The number of aliphatic hydroxyl groups is 1. The van der Waals surface area contributed by atoms with Gasteiger partial charge in [-0.2, -0.15) is 0 Å². The zero-order valence-corrected chi connectivity index (χ0v) is 11.3. The van der Waals surface area contributed by atoms with E-state index < -0.39 is 0 Å². The van der Waals surface area contributed by atoms with Gasteiger partial charge in [0.15, 0.2) is 0 Å². The maximum atomic E-state index is 9.19. The van der Waals surface area contributed by atoms with E-state index in [0.717, 1.165) is 6.54 Å². The summed E-state index contributed by atoms with van der Waals surface area (Å²) < 4.78 is 0. The molecule has 0 radical (unpaired) electrons. The van der Waals surface area contributed by atoms with E-state index in [1.54, 1.807) is 0 Å². The number of hydrogen-bond acceptors (Lipinski definition) is 3. The van der Waals surface area contributed by atoms with Crippen LogP contribution in [0.1, 0.15) is 39.5 Å². The van der Waals surface area contributed by atoms with E-state index in [0.29, 0.717) is 18.1 Å². The van der Waals surface area contributed by atoms with Gasteiger partial charge in [0.05, 0.1) is 6.61 Å². The molecular formula is C13H28N2O. The van der Waals surface area contributed by atoms with Gasteiger partial charge < -0.3 is 10.0 Å². The van der Waals surface area contributed by atoms with Crippen molar-refractivity contribution in [2.75, 3.05) is 27.2 Å². The first kappa shape index (κ1) is 13.9. The van der Waals surface area contributed by atoms with Crippen molar-refractivity contribution in [3.05, 3.63) is 0 Å². The van der Waals surface area contributed by atoms with Crippen molar-refractivity contribution >= 4 is 0 Å². The molecular weight excluding hydrogens is 200 g/mol. The van der Waals surface area contributed by atoms with Crippen LogP contribution >= 0.6 is 0 Å². The summed E-state index contributed by atoms with van der Waals surface area (Å²) in [4.78, 5) is 4.83. The highest BCUT2D eigenvalue weighted by Gasteiger charge is 2.32. The first-order valence-electron chi connectivity index (χ1n) is 6.61. The highest BCUT2D eigenvalue weighted by molar-refractivity contribution is 4.89. The molecule has 0 aliphatic heterocycles. The van der Waals surface area contributed by atoms with Gasteiger partial charge in [-0.1, -0.05) is 12.8 Å². The van der Waals surface area contributed by atoms with Crippen LogP contribution in [0.3, 0.4) is 0 Å². The van der Waals surface area contributed by atoms with Crippen molar-refractivity contribution in [2.24, 2.45) is 0 Å². The van der Waals surface area contributed by atoms with E-state index in [-0.39, 0.29) is 6.61 Å². The van der Waals surface area contributed by atoms with Crippen LogP contribution in [0.25, 0.3) is 0 Å². The molecule has 0 heterocycles. The molecule has 0 spiro atoms. The van der Waals surface area contributed by atoms with Gasteiger partial charge in [-0.3, -0.25) is 4.90 Å². The van der Waals surface area contributed by atoms with Gasteiger partial charge in [-0.15, -0.1) is 0 Å². The molecule has 1 aliphatic carbocycles. The smallest absolute Gasteiger partial charge is 0.0558 e. The van der Waals surface area contributed by atoms with Crippen LogP contribution in [0.4, 0.5) is 0 Å². The number of likely N-dealkylation sites (N-methyl/N-ethyl adjacent to an activating group) is 1. The fourth-order valence-electron chi connectivity index (χ4n) is 3.00. The second kappa shape index (κ2) is 6.58. The highest BCUT2D eigenvalue weighted by Crippen LogP contribution is 2.27. The predicted octanol–water partition coefficient (Wildman–Crippen LogP) is 1.56. The molecule has 0 aromatic carbocycles. The lowest BCUT2D eigenvalue weighted by Crippen LogP contribution is -2.54. The summed E-state index contributed by atoms with van der Waals surface area (Å²) in [7, 11) is 4.36. The normalized spacial score (nSPS) is 27.0. The Kier molecular flexibility index (Phi) is 5.73. The fraction of sp³-hybridized carbons (Fsp3) is 1.00. The summed E-state index contributed by atoms with van der Waals surface area (Å²) >= 11 is 0. The molecule has 1 N–H and O–H groups in total. The maximum absolute atomic E-state index is 9.19. The molecule has 0 amide bonds. The van der Waals surface area contributed by atoms with Gasteiger partial charge in [-0.05, 0) is 40.8 Å². The standard InChI is InChI=1S/C13H28N2O/c1-11(2)15(9-10-16)13-8-6-5-7-12(13)14(3)4/h11-13,16H,5-10H2,1-4H3/t12-,13-/m1/s1. The van der Waals surface area contributed by atoms with Crippen LogP contribution in [-0.2, 0) is 0 Å². The van der Waals surface area contributed by atoms with E-state index in [1.165, 1.54) is 25.7 Å². The third-order valence-electron chi connectivity index (χ3n) is 3.80. The summed E-state index contributed by atoms with van der Waals surface area (Å²) in [6.07, 6.45) is 5.27. The van der Waals surface area contributed by atoms with Gasteiger partial charge in [-0.25, -0.2) is 0 Å². The van der Waals surface area contributed by atoms with Gasteiger partial charge in [0.2, 0.25) is 0 Å². The molecule has 0 aromatic rings. The molecule has 2 atom stereocenters. The van der Waals surface area contributed by atoms with Gasteiger partial charge in [0.1, 0.15) is 0 Å². The molecule has 3 heteroatoms. The van der Waals surface area contributed by atoms with E-state index in [2.05, 4.69) is 37.7 Å². The minimum atomic E-state index is 0.273. The molecule has 16 heavy (non-hydrogen) atoms. The summed E-state index contributed by atoms with van der Waals surface area (Å²) in [6, 6.07) is 1.80. The average molecular weight is 228 g/mol. The molecule has 0 bridgehead atoms. The Morgan fingerprint density at radius 1 is 1.12 bits per heavy atom. The largest absolute Gasteiger partial charge is 0.395 e. The van der Waals surface area contributed by atoms with Crippen LogP contribution < -0.4 is 0 Å². The molecule has 0 unspecified atom stereocenters. The number of nitrogens with zero attached hydrogens (tertiary/aromatic N) is 2.